The Hall–Kier alpha value is -1.10. The van der Waals surface area contributed by atoms with Crippen LogP contribution in [0.1, 0.15) is 25.7 Å². The number of hydrogen-bond donors (Lipinski definition) is 1. The molecule has 0 radical (unpaired) electrons. The second-order valence-corrected chi connectivity index (χ2v) is 3.39. The molecule has 0 aliphatic carbocycles. The quantitative estimate of drug-likeness (QED) is 0.614. The average Bonchev–Trinajstić information content (AvgIpc) is 2.25. The lowest BCUT2D eigenvalue weighted by atomic mass is 10.2. The number of nitrogens with two attached hydrogens (primary N) is 1. The number of methoxy groups -OCH3 is 1. The van der Waals surface area contributed by atoms with Crippen molar-refractivity contribution in [2.75, 3.05) is 27.2 Å². The smallest absolute Gasteiger partial charge is 0.305 e. The Labute approximate surface area is 90.6 Å². The molecule has 0 saturated carbocycles. The molecule has 0 atom stereocenters. The zero-order valence-corrected chi connectivity index (χ0v) is 9.49. The number of hydrogen-bond acceptors (Lipinski definition) is 4. The van der Waals surface area contributed by atoms with Crippen molar-refractivity contribution in [1.29, 1.82) is 0 Å². The van der Waals surface area contributed by atoms with E-state index in [0.29, 0.717) is 38.8 Å². The van der Waals surface area contributed by atoms with Crippen LogP contribution >= 0.6 is 0 Å². The van der Waals surface area contributed by atoms with Crippen molar-refractivity contribution < 1.29 is 14.3 Å². The Morgan fingerprint density at radius 3 is 2.47 bits per heavy atom. The first-order chi connectivity index (χ1) is 7.11. The summed E-state index contributed by atoms with van der Waals surface area (Å²) in [5.74, 6) is -0.164. The number of carbonyl (C=O) groups excluding carboxylic acids is 2. The molecule has 88 valence electrons. The van der Waals surface area contributed by atoms with Gasteiger partial charge in [0.1, 0.15) is 0 Å². The molecule has 0 bridgehead atoms. The number of amides is 1. The normalized spacial score (nSPS) is 9.80. The van der Waals surface area contributed by atoms with Crippen LogP contribution in [0.4, 0.5) is 0 Å². The van der Waals surface area contributed by atoms with Gasteiger partial charge in [-0.25, -0.2) is 0 Å². The van der Waals surface area contributed by atoms with Crippen molar-refractivity contribution in [2.45, 2.75) is 25.7 Å². The Morgan fingerprint density at radius 2 is 1.93 bits per heavy atom. The van der Waals surface area contributed by atoms with Crippen LogP contribution in [0.15, 0.2) is 0 Å². The summed E-state index contributed by atoms with van der Waals surface area (Å²) >= 11 is 0. The van der Waals surface area contributed by atoms with E-state index in [4.69, 9.17) is 5.73 Å². The summed E-state index contributed by atoms with van der Waals surface area (Å²) in [7, 11) is 3.09. The average molecular weight is 216 g/mol. The van der Waals surface area contributed by atoms with Gasteiger partial charge in [-0.1, -0.05) is 0 Å². The van der Waals surface area contributed by atoms with Crippen LogP contribution in [0.25, 0.3) is 0 Å². The summed E-state index contributed by atoms with van der Waals surface area (Å²) < 4.78 is 4.50. The number of nitrogens with zero attached hydrogens (tertiary/aromatic N) is 1. The van der Waals surface area contributed by atoms with Gasteiger partial charge in [0, 0.05) is 26.4 Å². The van der Waals surface area contributed by atoms with Crippen molar-refractivity contribution in [2.24, 2.45) is 5.73 Å². The number of esters is 1. The predicted molar refractivity (Wildman–Crippen MR) is 57.2 cm³/mol. The summed E-state index contributed by atoms with van der Waals surface area (Å²) in [5.41, 5.74) is 5.30. The summed E-state index contributed by atoms with van der Waals surface area (Å²) in [6.07, 6.45) is 2.17. The van der Waals surface area contributed by atoms with Crippen LogP contribution in [0.5, 0.6) is 0 Å². The van der Waals surface area contributed by atoms with Crippen LogP contribution in [-0.2, 0) is 14.3 Å². The van der Waals surface area contributed by atoms with E-state index in [1.165, 1.54) is 7.11 Å². The Balaban J connectivity index is 3.59. The van der Waals surface area contributed by atoms with Crippen molar-refractivity contribution in [1.82, 2.24) is 4.90 Å². The molecular formula is C10H20N2O3. The second-order valence-electron chi connectivity index (χ2n) is 3.39. The predicted octanol–water partition coefficient (Wildman–Crippen LogP) is 0.137. The molecule has 0 rings (SSSR count). The molecule has 0 saturated heterocycles. The molecule has 0 aromatic carbocycles. The van der Waals surface area contributed by atoms with E-state index in [0.717, 1.165) is 0 Å². The van der Waals surface area contributed by atoms with Gasteiger partial charge in [-0.2, -0.15) is 0 Å². The van der Waals surface area contributed by atoms with Gasteiger partial charge in [-0.05, 0) is 19.4 Å². The lowest BCUT2D eigenvalue weighted by Gasteiger charge is -2.16. The SMILES string of the molecule is COC(=O)CCCN(C)C(=O)CCCN. The monoisotopic (exact) mass is 216 g/mol. The van der Waals surface area contributed by atoms with Gasteiger partial charge in [-0.3, -0.25) is 9.59 Å². The second kappa shape index (κ2) is 8.23. The highest BCUT2D eigenvalue weighted by atomic mass is 16.5. The van der Waals surface area contributed by atoms with Crippen LogP contribution in [-0.4, -0.2) is 44.0 Å². The molecule has 5 heteroatoms. The van der Waals surface area contributed by atoms with Crippen LogP contribution in [0.2, 0.25) is 0 Å². The molecule has 0 spiro atoms. The fourth-order valence-electron chi connectivity index (χ4n) is 1.13. The van der Waals surface area contributed by atoms with Gasteiger partial charge in [0.05, 0.1) is 7.11 Å². The Morgan fingerprint density at radius 1 is 1.27 bits per heavy atom. The van der Waals surface area contributed by atoms with Gasteiger partial charge in [0.2, 0.25) is 5.91 Å². The molecule has 0 aliphatic rings. The third-order valence-electron chi connectivity index (χ3n) is 2.12. The largest absolute Gasteiger partial charge is 0.469 e. The fraction of sp³-hybridized carbons (Fsp3) is 0.800. The molecule has 0 aromatic rings. The van der Waals surface area contributed by atoms with Crippen molar-refractivity contribution in [3.8, 4) is 0 Å². The molecule has 0 aromatic heterocycles. The molecule has 15 heavy (non-hydrogen) atoms. The first kappa shape index (κ1) is 13.9. The molecule has 0 unspecified atom stereocenters. The maximum Gasteiger partial charge on any atom is 0.305 e. The van der Waals surface area contributed by atoms with E-state index in [1.807, 2.05) is 0 Å². The van der Waals surface area contributed by atoms with Crippen molar-refractivity contribution >= 4 is 11.9 Å². The van der Waals surface area contributed by atoms with E-state index in [9.17, 15) is 9.59 Å². The Bertz CT molecular complexity index is 207. The maximum absolute atomic E-state index is 11.4. The first-order valence-corrected chi connectivity index (χ1v) is 5.12. The minimum Gasteiger partial charge on any atom is -0.469 e. The van der Waals surface area contributed by atoms with Gasteiger partial charge < -0.3 is 15.4 Å². The minimum absolute atomic E-state index is 0.0744. The summed E-state index contributed by atoms with van der Waals surface area (Å²) in [6.45, 7) is 1.11. The molecule has 0 fully saturated rings. The number of carbonyl (C=O) groups is 2. The van der Waals surface area contributed by atoms with Crippen LogP contribution in [0, 0.1) is 0 Å². The lowest BCUT2D eigenvalue weighted by Crippen LogP contribution is -2.28. The van der Waals surface area contributed by atoms with E-state index in [1.54, 1.807) is 11.9 Å². The zero-order valence-electron chi connectivity index (χ0n) is 9.49. The molecule has 0 aliphatic heterocycles. The van der Waals surface area contributed by atoms with Crippen LogP contribution < -0.4 is 5.73 Å². The Kier molecular flexibility index (Phi) is 7.62. The highest BCUT2D eigenvalue weighted by Gasteiger charge is 2.08. The lowest BCUT2D eigenvalue weighted by molar-refractivity contribution is -0.141. The first-order valence-electron chi connectivity index (χ1n) is 5.12. The fourth-order valence-corrected chi connectivity index (χ4v) is 1.13. The van der Waals surface area contributed by atoms with Crippen molar-refractivity contribution in [3.63, 3.8) is 0 Å². The van der Waals surface area contributed by atoms with E-state index in [2.05, 4.69) is 4.74 Å². The minimum atomic E-state index is -0.238. The van der Waals surface area contributed by atoms with Gasteiger partial charge in [-0.15, -0.1) is 0 Å². The number of ether oxygens (including phenoxy) is 1. The molecular weight excluding hydrogens is 196 g/mol. The van der Waals surface area contributed by atoms with Crippen LogP contribution in [0.3, 0.4) is 0 Å². The maximum atomic E-state index is 11.4. The molecule has 1 amide bonds. The van der Waals surface area contributed by atoms with Crippen molar-refractivity contribution in [3.05, 3.63) is 0 Å². The molecule has 0 heterocycles. The van der Waals surface area contributed by atoms with E-state index in [-0.39, 0.29) is 11.9 Å². The third kappa shape index (κ3) is 6.90. The van der Waals surface area contributed by atoms with Gasteiger partial charge >= 0.3 is 5.97 Å². The van der Waals surface area contributed by atoms with Gasteiger partial charge in [0.15, 0.2) is 0 Å². The molecule has 5 nitrogen and oxygen atoms in total. The highest BCUT2D eigenvalue weighted by molar-refractivity contribution is 5.75. The topological polar surface area (TPSA) is 72.6 Å². The zero-order chi connectivity index (χ0) is 11.7. The number of rotatable bonds is 7. The highest BCUT2D eigenvalue weighted by Crippen LogP contribution is 1.98. The molecule has 2 N–H and O–H groups in total. The summed E-state index contributed by atoms with van der Waals surface area (Å²) in [6, 6.07) is 0. The summed E-state index contributed by atoms with van der Waals surface area (Å²) in [5, 5.41) is 0. The van der Waals surface area contributed by atoms with Gasteiger partial charge in [0.25, 0.3) is 0 Å². The van der Waals surface area contributed by atoms with E-state index < -0.39 is 0 Å². The standard InChI is InChI=1S/C10H20N2O3/c1-12(9(13)5-3-7-11)8-4-6-10(14)15-2/h3-8,11H2,1-2H3. The third-order valence-corrected chi connectivity index (χ3v) is 2.12. The summed E-state index contributed by atoms with van der Waals surface area (Å²) in [4.78, 5) is 23.8. The van der Waals surface area contributed by atoms with E-state index >= 15 is 0 Å².